The number of carbonyl (C=O) groups is 2. The highest BCUT2D eigenvalue weighted by atomic mass is 16.6. The van der Waals surface area contributed by atoms with Crippen LogP contribution in [-0.2, 0) is 9.53 Å². The van der Waals surface area contributed by atoms with E-state index >= 15 is 0 Å². The molecule has 1 aliphatic heterocycles. The Kier molecular flexibility index (Phi) is 3.06. The molecular formula is C9H13NO3. The third-order valence-electron chi connectivity index (χ3n) is 2.04. The summed E-state index contributed by atoms with van der Waals surface area (Å²) in [5.74, 6) is 0.143. The number of ether oxygens (including phenoxy) is 1. The summed E-state index contributed by atoms with van der Waals surface area (Å²) >= 11 is 0. The third kappa shape index (κ3) is 2.31. The summed E-state index contributed by atoms with van der Waals surface area (Å²) in [6.07, 6.45) is 1.15. The van der Waals surface area contributed by atoms with Crippen molar-refractivity contribution in [3.63, 3.8) is 0 Å². The van der Waals surface area contributed by atoms with Gasteiger partial charge in [0.25, 0.3) is 0 Å². The first-order valence-corrected chi connectivity index (χ1v) is 4.18. The number of rotatable bonds is 3. The number of nitrogens with zero attached hydrogens (tertiary/aromatic N) is 1. The summed E-state index contributed by atoms with van der Waals surface area (Å²) in [5.41, 5.74) is 0. The molecule has 0 atom stereocenters. The van der Waals surface area contributed by atoms with Crippen molar-refractivity contribution in [2.75, 3.05) is 19.7 Å². The molecule has 0 radical (unpaired) electrons. The first-order valence-electron chi connectivity index (χ1n) is 4.18. The van der Waals surface area contributed by atoms with Crippen LogP contribution in [0, 0.1) is 5.92 Å². The summed E-state index contributed by atoms with van der Waals surface area (Å²) in [6, 6.07) is 0. The van der Waals surface area contributed by atoms with Crippen molar-refractivity contribution in [3.05, 3.63) is 12.7 Å². The largest absolute Gasteiger partial charge is 0.445 e. The summed E-state index contributed by atoms with van der Waals surface area (Å²) in [5, 5.41) is 0. The van der Waals surface area contributed by atoms with Gasteiger partial charge in [0.2, 0.25) is 0 Å². The van der Waals surface area contributed by atoms with Gasteiger partial charge in [-0.05, 0) is 6.92 Å². The molecule has 4 nitrogen and oxygen atoms in total. The van der Waals surface area contributed by atoms with E-state index in [4.69, 9.17) is 4.74 Å². The number of Topliss-reactive ketones (excluding diaryl/α,β-unsaturated/α-hetero) is 1. The molecule has 4 heteroatoms. The molecule has 0 aromatic rings. The van der Waals surface area contributed by atoms with E-state index in [0.717, 1.165) is 0 Å². The average molecular weight is 183 g/mol. The lowest BCUT2D eigenvalue weighted by molar-refractivity contribution is -0.124. The normalized spacial score (nSPS) is 16.2. The van der Waals surface area contributed by atoms with Gasteiger partial charge in [0.1, 0.15) is 12.4 Å². The number of likely N-dealkylation sites (tertiary alicyclic amines) is 1. The van der Waals surface area contributed by atoms with Gasteiger partial charge < -0.3 is 9.64 Å². The standard InChI is InChI=1S/C9H13NO3/c1-3-4-13-9(12)10-5-8(6-10)7(2)11/h3,8H,1,4-6H2,2H3. The van der Waals surface area contributed by atoms with Gasteiger partial charge >= 0.3 is 6.09 Å². The number of hydrogen-bond acceptors (Lipinski definition) is 3. The quantitative estimate of drug-likeness (QED) is 0.609. The molecule has 1 fully saturated rings. The molecule has 1 amide bonds. The van der Waals surface area contributed by atoms with Crippen molar-refractivity contribution >= 4 is 11.9 Å². The molecule has 72 valence electrons. The maximum atomic E-state index is 11.1. The fourth-order valence-electron chi connectivity index (χ4n) is 1.11. The molecule has 0 bridgehead atoms. The highest BCUT2D eigenvalue weighted by Crippen LogP contribution is 2.16. The lowest BCUT2D eigenvalue weighted by Gasteiger charge is -2.36. The topological polar surface area (TPSA) is 46.6 Å². The van der Waals surface area contributed by atoms with Gasteiger partial charge in [-0.3, -0.25) is 4.79 Å². The SMILES string of the molecule is C=CCOC(=O)N1CC(C(C)=O)C1. The molecule has 0 aromatic carbocycles. The molecule has 1 heterocycles. The summed E-state index contributed by atoms with van der Waals surface area (Å²) in [7, 11) is 0. The van der Waals surface area contributed by atoms with Crippen LogP contribution in [0.1, 0.15) is 6.92 Å². The predicted octanol–water partition coefficient (Wildman–Crippen LogP) is 0.830. The van der Waals surface area contributed by atoms with E-state index in [0.29, 0.717) is 13.1 Å². The molecule has 1 saturated heterocycles. The van der Waals surface area contributed by atoms with E-state index in [1.165, 1.54) is 17.9 Å². The Morgan fingerprint density at radius 3 is 2.69 bits per heavy atom. The van der Waals surface area contributed by atoms with E-state index in [-0.39, 0.29) is 24.4 Å². The molecule has 1 aliphatic rings. The molecule has 0 unspecified atom stereocenters. The van der Waals surface area contributed by atoms with Crippen LogP contribution in [0.25, 0.3) is 0 Å². The number of hydrogen-bond donors (Lipinski definition) is 0. The minimum atomic E-state index is -0.364. The molecule has 0 saturated carbocycles. The number of carbonyl (C=O) groups excluding carboxylic acids is 2. The zero-order valence-electron chi connectivity index (χ0n) is 7.66. The van der Waals surface area contributed by atoms with Gasteiger partial charge in [-0.15, -0.1) is 0 Å². The summed E-state index contributed by atoms with van der Waals surface area (Å²) < 4.78 is 4.78. The van der Waals surface area contributed by atoms with Crippen LogP contribution >= 0.6 is 0 Å². The van der Waals surface area contributed by atoms with Gasteiger partial charge in [-0.25, -0.2) is 4.79 Å². The van der Waals surface area contributed by atoms with E-state index in [1.807, 2.05) is 0 Å². The van der Waals surface area contributed by atoms with Gasteiger partial charge in [-0.2, -0.15) is 0 Å². The van der Waals surface area contributed by atoms with E-state index in [9.17, 15) is 9.59 Å². The molecular weight excluding hydrogens is 170 g/mol. The Balaban J connectivity index is 2.22. The van der Waals surface area contributed by atoms with Crippen LogP contribution in [0.3, 0.4) is 0 Å². The zero-order chi connectivity index (χ0) is 9.84. The Labute approximate surface area is 77.2 Å². The summed E-state index contributed by atoms with van der Waals surface area (Å²) in [4.78, 5) is 23.4. The van der Waals surface area contributed by atoms with Crippen LogP contribution in [-0.4, -0.2) is 36.5 Å². The van der Waals surface area contributed by atoms with Crippen LogP contribution in [0.4, 0.5) is 4.79 Å². The van der Waals surface area contributed by atoms with Crippen molar-refractivity contribution in [3.8, 4) is 0 Å². The van der Waals surface area contributed by atoms with Crippen LogP contribution < -0.4 is 0 Å². The maximum absolute atomic E-state index is 11.1. The zero-order valence-corrected chi connectivity index (χ0v) is 7.66. The Morgan fingerprint density at radius 2 is 2.23 bits per heavy atom. The van der Waals surface area contributed by atoms with E-state index < -0.39 is 0 Å². The number of amides is 1. The first-order chi connectivity index (χ1) is 6.15. The van der Waals surface area contributed by atoms with Crippen molar-refractivity contribution in [2.45, 2.75) is 6.92 Å². The van der Waals surface area contributed by atoms with Crippen molar-refractivity contribution in [1.82, 2.24) is 4.90 Å². The molecule has 13 heavy (non-hydrogen) atoms. The highest BCUT2D eigenvalue weighted by Gasteiger charge is 2.34. The Hall–Kier alpha value is -1.32. The van der Waals surface area contributed by atoms with Crippen molar-refractivity contribution in [1.29, 1.82) is 0 Å². The molecule has 0 N–H and O–H groups in total. The van der Waals surface area contributed by atoms with Crippen molar-refractivity contribution in [2.24, 2.45) is 5.92 Å². The van der Waals surface area contributed by atoms with Gasteiger partial charge in [0.05, 0.1) is 5.92 Å². The average Bonchev–Trinajstić information content (AvgIpc) is 1.97. The maximum Gasteiger partial charge on any atom is 0.410 e. The highest BCUT2D eigenvalue weighted by molar-refractivity contribution is 5.82. The second-order valence-corrected chi connectivity index (χ2v) is 3.08. The monoisotopic (exact) mass is 183 g/mol. The van der Waals surface area contributed by atoms with E-state index in [2.05, 4.69) is 6.58 Å². The van der Waals surface area contributed by atoms with Crippen LogP contribution in [0.15, 0.2) is 12.7 Å². The molecule has 0 spiro atoms. The molecule has 0 aromatic heterocycles. The minimum absolute atomic E-state index is 0.0104. The molecule has 0 aliphatic carbocycles. The van der Waals surface area contributed by atoms with E-state index in [1.54, 1.807) is 0 Å². The Morgan fingerprint density at radius 1 is 1.62 bits per heavy atom. The predicted molar refractivity (Wildman–Crippen MR) is 47.3 cm³/mol. The fourth-order valence-corrected chi connectivity index (χ4v) is 1.11. The first kappa shape index (κ1) is 9.77. The molecule has 1 rings (SSSR count). The minimum Gasteiger partial charge on any atom is -0.445 e. The third-order valence-corrected chi connectivity index (χ3v) is 2.04. The van der Waals surface area contributed by atoms with Crippen LogP contribution in [0.2, 0.25) is 0 Å². The second kappa shape index (κ2) is 4.07. The second-order valence-electron chi connectivity index (χ2n) is 3.08. The lowest BCUT2D eigenvalue weighted by atomic mass is 9.97. The van der Waals surface area contributed by atoms with Gasteiger partial charge in [0, 0.05) is 13.1 Å². The number of ketones is 1. The smallest absolute Gasteiger partial charge is 0.410 e. The fraction of sp³-hybridized carbons (Fsp3) is 0.556. The van der Waals surface area contributed by atoms with Crippen LogP contribution in [0.5, 0.6) is 0 Å². The lowest BCUT2D eigenvalue weighted by Crippen LogP contribution is -2.52. The van der Waals surface area contributed by atoms with Gasteiger partial charge in [-0.1, -0.05) is 12.7 Å². The van der Waals surface area contributed by atoms with Crippen molar-refractivity contribution < 1.29 is 14.3 Å². The summed E-state index contributed by atoms with van der Waals surface area (Å²) in [6.45, 7) is 6.17. The Bertz CT molecular complexity index is 231. The van der Waals surface area contributed by atoms with Gasteiger partial charge in [0.15, 0.2) is 0 Å².